The van der Waals surface area contributed by atoms with E-state index >= 15 is 0 Å². The normalized spacial score (nSPS) is 13.4. The van der Waals surface area contributed by atoms with Gasteiger partial charge in [0.2, 0.25) is 0 Å². The van der Waals surface area contributed by atoms with Crippen LogP contribution in [-0.4, -0.2) is 34.7 Å². The minimum absolute atomic E-state index is 0.0517. The molecule has 0 spiro atoms. The molecule has 27 heavy (non-hydrogen) atoms. The lowest BCUT2D eigenvalue weighted by atomic mass is 10.2. The van der Waals surface area contributed by atoms with Crippen molar-refractivity contribution in [2.45, 2.75) is 25.3 Å². The van der Waals surface area contributed by atoms with Crippen molar-refractivity contribution in [1.29, 1.82) is 0 Å². The lowest BCUT2D eigenvalue weighted by molar-refractivity contribution is 0.0775. The van der Waals surface area contributed by atoms with Crippen molar-refractivity contribution in [3.63, 3.8) is 0 Å². The number of benzene rings is 2. The fourth-order valence-corrected chi connectivity index (χ4v) is 3.25. The van der Waals surface area contributed by atoms with Gasteiger partial charge in [-0.1, -0.05) is 36.4 Å². The first-order valence-electron chi connectivity index (χ1n) is 9.20. The molecule has 1 aliphatic carbocycles. The van der Waals surface area contributed by atoms with Gasteiger partial charge in [-0.25, -0.2) is 4.68 Å². The zero-order valence-corrected chi connectivity index (χ0v) is 15.6. The van der Waals surface area contributed by atoms with E-state index in [1.54, 1.807) is 16.7 Å². The second kappa shape index (κ2) is 7.27. The second-order valence-corrected chi connectivity index (χ2v) is 6.95. The lowest BCUT2D eigenvalue weighted by Crippen LogP contribution is -2.28. The Morgan fingerprint density at radius 1 is 1.15 bits per heavy atom. The SMILES string of the molecule is COc1ccccc1CN(C)C(=O)c1cc(C2CC2)nn1-c1ccccc1. The van der Waals surface area contributed by atoms with E-state index in [2.05, 4.69) is 0 Å². The van der Waals surface area contributed by atoms with Crippen molar-refractivity contribution in [3.05, 3.63) is 77.6 Å². The Balaban J connectivity index is 1.64. The summed E-state index contributed by atoms with van der Waals surface area (Å²) in [7, 11) is 3.46. The van der Waals surface area contributed by atoms with Crippen LogP contribution in [0, 0.1) is 0 Å². The molecule has 5 nitrogen and oxygen atoms in total. The molecule has 0 unspecified atom stereocenters. The number of methoxy groups -OCH3 is 1. The summed E-state index contributed by atoms with van der Waals surface area (Å²) in [6.07, 6.45) is 2.30. The van der Waals surface area contributed by atoms with E-state index < -0.39 is 0 Å². The van der Waals surface area contributed by atoms with Gasteiger partial charge in [-0.15, -0.1) is 0 Å². The smallest absolute Gasteiger partial charge is 0.272 e. The number of carbonyl (C=O) groups excluding carboxylic acids is 1. The molecule has 0 bridgehead atoms. The third-order valence-electron chi connectivity index (χ3n) is 4.89. The van der Waals surface area contributed by atoms with Crippen LogP contribution in [0.15, 0.2) is 60.7 Å². The van der Waals surface area contributed by atoms with Crippen molar-refractivity contribution in [3.8, 4) is 11.4 Å². The van der Waals surface area contributed by atoms with Gasteiger partial charge >= 0.3 is 0 Å². The monoisotopic (exact) mass is 361 g/mol. The quantitative estimate of drug-likeness (QED) is 0.666. The van der Waals surface area contributed by atoms with Crippen molar-refractivity contribution in [1.82, 2.24) is 14.7 Å². The number of carbonyl (C=O) groups is 1. The first-order chi connectivity index (χ1) is 13.2. The maximum atomic E-state index is 13.2. The number of rotatable bonds is 6. The summed E-state index contributed by atoms with van der Waals surface area (Å²) in [5, 5.41) is 4.73. The molecule has 5 heteroatoms. The predicted molar refractivity (Wildman–Crippen MR) is 104 cm³/mol. The molecular formula is C22H23N3O2. The molecule has 4 rings (SSSR count). The van der Waals surface area contributed by atoms with Crippen molar-refractivity contribution in [2.24, 2.45) is 0 Å². The fourth-order valence-electron chi connectivity index (χ4n) is 3.25. The molecule has 0 aliphatic heterocycles. The van der Waals surface area contributed by atoms with Crippen molar-refractivity contribution in [2.75, 3.05) is 14.2 Å². The fraction of sp³-hybridized carbons (Fsp3) is 0.273. The molecule has 1 heterocycles. The first kappa shape index (κ1) is 17.3. The van der Waals surface area contributed by atoms with Gasteiger partial charge in [-0.3, -0.25) is 4.79 Å². The Kier molecular flexibility index (Phi) is 4.67. The summed E-state index contributed by atoms with van der Waals surface area (Å²) < 4.78 is 7.19. The second-order valence-electron chi connectivity index (χ2n) is 6.95. The number of para-hydroxylation sites is 2. The molecular weight excluding hydrogens is 338 g/mol. The minimum atomic E-state index is -0.0517. The molecule has 1 amide bonds. The van der Waals surface area contributed by atoms with Crippen LogP contribution in [0.2, 0.25) is 0 Å². The largest absolute Gasteiger partial charge is 0.496 e. The molecule has 1 aliphatic rings. The van der Waals surface area contributed by atoms with Gasteiger partial charge in [0.05, 0.1) is 18.5 Å². The predicted octanol–water partition coefficient (Wildman–Crippen LogP) is 4.03. The highest BCUT2D eigenvalue weighted by atomic mass is 16.5. The average Bonchev–Trinajstić information content (AvgIpc) is 3.47. The van der Waals surface area contributed by atoms with Gasteiger partial charge < -0.3 is 9.64 Å². The minimum Gasteiger partial charge on any atom is -0.496 e. The van der Waals surface area contributed by atoms with Crippen LogP contribution in [0.5, 0.6) is 5.75 Å². The molecule has 3 aromatic rings. The van der Waals surface area contributed by atoms with Crippen LogP contribution in [0.1, 0.15) is 40.5 Å². The highest BCUT2D eigenvalue weighted by Crippen LogP contribution is 2.40. The highest BCUT2D eigenvalue weighted by molar-refractivity contribution is 5.93. The number of hydrogen-bond donors (Lipinski definition) is 0. The summed E-state index contributed by atoms with van der Waals surface area (Å²) in [6.45, 7) is 0.474. The van der Waals surface area contributed by atoms with E-state index in [1.165, 1.54) is 0 Å². The zero-order chi connectivity index (χ0) is 18.8. The Morgan fingerprint density at radius 3 is 2.56 bits per heavy atom. The summed E-state index contributed by atoms with van der Waals surface area (Å²) in [4.78, 5) is 14.9. The number of nitrogens with zero attached hydrogens (tertiary/aromatic N) is 3. The van der Waals surface area contributed by atoms with Crippen LogP contribution in [0.4, 0.5) is 0 Å². The lowest BCUT2D eigenvalue weighted by Gasteiger charge is -2.19. The first-order valence-corrected chi connectivity index (χ1v) is 9.20. The Bertz CT molecular complexity index is 945. The van der Waals surface area contributed by atoms with Gasteiger partial charge in [-0.05, 0) is 37.1 Å². The van der Waals surface area contributed by atoms with Gasteiger partial charge in [0.1, 0.15) is 11.4 Å². The third-order valence-corrected chi connectivity index (χ3v) is 4.89. The van der Waals surface area contributed by atoms with Crippen LogP contribution in [0.3, 0.4) is 0 Å². The summed E-state index contributed by atoms with van der Waals surface area (Å²) in [5.74, 6) is 1.22. The van der Waals surface area contributed by atoms with E-state index in [0.29, 0.717) is 18.2 Å². The van der Waals surface area contributed by atoms with Crippen LogP contribution in [0.25, 0.3) is 5.69 Å². The molecule has 1 fully saturated rings. The standard InChI is InChI=1S/C22H23N3O2/c1-24(15-17-8-6-7-11-21(17)27-2)22(26)20-14-19(16-12-13-16)23-25(20)18-9-4-3-5-10-18/h3-11,14,16H,12-13,15H2,1-2H3. The summed E-state index contributed by atoms with van der Waals surface area (Å²) in [5.41, 5.74) is 3.48. The molecule has 2 aromatic carbocycles. The van der Waals surface area contributed by atoms with Crippen molar-refractivity contribution < 1.29 is 9.53 Å². The Hall–Kier alpha value is -3.08. The number of amides is 1. The van der Waals surface area contributed by atoms with Crippen molar-refractivity contribution >= 4 is 5.91 Å². The highest BCUT2D eigenvalue weighted by Gasteiger charge is 2.29. The Labute approximate surface area is 159 Å². The molecule has 0 atom stereocenters. The maximum Gasteiger partial charge on any atom is 0.272 e. The number of ether oxygens (including phenoxy) is 1. The van der Waals surface area contributed by atoms with E-state index in [1.807, 2.05) is 67.7 Å². The topological polar surface area (TPSA) is 47.4 Å². The molecule has 0 N–H and O–H groups in total. The molecule has 0 saturated heterocycles. The van der Waals surface area contributed by atoms with Gasteiger partial charge in [0.25, 0.3) is 5.91 Å². The Morgan fingerprint density at radius 2 is 1.85 bits per heavy atom. The zero-order valence-electron chi connectivity index (χ0n) is 15.6. The third kappa shape index (κ3) is 3.58. The van der Waals surface area contributed by atoms with Gasteiger partial charge in [0.15, 0.2) is 0 Å². The van der Waals surface area contributed by atoms with Crippen LogP contribution >= 0.6 is 0 Å². The summed E-state index contributed by atoms with van der Waals surface area (Å²) in [6, 6.07) is 19.5. The van der Waals surface area contributed by atoms with E-state index in [9.17, 15) is 4.79 Å². The van der Waals surface area contributed by atoms with Crippen LogP contribution < -0.4 is 4.74 Å². The molecule has 1 saturated carbocycles. The summed E-state index contributed by atoms with van der Waals surface area (Å²) >= 11 is 0. The molecule has 1 aromatic heterocycles. The van der Waals surface area contributed by atoms with Gasteiger partial charge in [-0.2, -0.15) is 5.10 Å². The maximum absolute atomic E-state index is 13.2. The number of hydrogen-bond acceptors (Lipinski definition) is 3. The average molecular weight is 361 g/mol. The van der Waals surface area contributed by atoms with E-state index in [-0.39, 0.29) is 5.91 Å². The molecule has 138 valence electrons. The molecule has 0 radical (unpaired) electrons. The number of aromatic nitrogens is 2. The van der Waals surface area contributed by atoms with E-state index in [0.717, 1.165) is 35.5 Å². The van der Waals surface area contributed by atoms with Gasteiger partial charge in [0, 0.05) is 25.1 Å². The van der Waals surface area contributed by atoms with E-state index in [4.69, 9.17) is 9.84 Å². The van der Waals surface area contributed by atoms with Crippen LogP contribution in [-0.2, 0) is 6.54 Å².